The average molecular weight is 493 g/mol. The van der Waals surface area contributed by atoms with Gasteiger partial charge in [-0.15, -0.1) is 0 Å². The fraction of sp³-hybridized carbons (Fsp3) is 0.462. The standard InChI is InChI=1S/C14H10O4S2.C12H28N/c15-13(16)9-1-5-11(6-2-9)19-20-12-7-3-10(4-8-12)14(17)18;1-5-9-13(10-6-2,11-7-3)12-8-4/h1-8H,(H,15,16)(H,17,18);5-12H2,1-4H3/q;+1. The van der Waals surface area contributed by atoms with Gasteiger partial charge in [-0.2, -0.15) is 0 Å². The molecule has 182 valence electrons. The van der Waals surface area contributed by atoms with Crippen LogP contribution in [0.15, 0.2) is 58.3 Å². The molecular formula is C26H38NO4S2+. The fourth-order valence-corrected chi connectivity index (χ4v) is 5.90. The normalized spacial score (nSPS) is 10.9. The number of nitrogens with zero attached hydrogens (tertiary/aromatic N) is 1. The SMILES string of the molecule is CCC[N+](CCC)(CCC)CCC.O=C(O)c1ccc(SSc2ccc(C(=O)O)cc2)cc1. The maximum Gasteiger partial charge on any atom is 0.335 e. The van der Waals surface area contributed by atoms with Gasteiger partial charge in [-0.1, -0.05) is 49.3 Å². The number of aromatic carboxylic acids is 2. The first-order valence-electron chi connectivity index (χ1n) is 11.7. The van der Waals surface area contributed by atoms with Crippen LogP contribution in [0.2, 0.25) is 0 Å². The van der Waals surface area contributed by atoms with E-state index in [9.17, 15) is 9.59 Å². The van der Waals surface area contributed by atoms with Crippen molar-refractivity contribution in [2.45, 2.75) is 63.2 Å². The number of rotatable bonds is 13. The first-order valence-corrected chi connectivity index (χ1v) is 13.8. The Labute approximate surface area is 206 Å². The van der Waals surface area contributed by atoms with Gasteiger partial charge in [0.1, 0.15) is 0 Å². The molecule has 2 N–H and O–H groups in total. The zero-order valence-electron chi connectivity index (χ0n) is 20.3. The Morgan fingerprint density at radius 2 is 0.879 bits per heavy atom. The van der Waals surface area contributed by atoms with Crippen molar-refractivity contribution in [2.24, 2.45) is 0 Å². The quantitative estimate of drug-likeness (QED) is 0.225. The van der Waals surface area contributed by atoms with E-state index in [4.69, 9.17) is 10.2 Å². The molecule has 7 heteroatoms. The highest BCUT2D eigenvalue weighted by atomic mass is 33.1. The molecule has 0 heterocycles. The zero-order valence-corrected chi connectivity index (χ0v) is 21.9. The second-order valence-corrected chi connectivity index (χ2v) is 10.3. The third kappa shape index (κ3) is 10.7. The van der Waals surface area contributed by atoms with Crippen LogP contribution in [0.3, 0.4) is 0 Å². The lowest BCUT2D eigenvalue weighted by Gasteiger charge is -2.38. The number of benzene rings is 2. The van der Waals surface area contributed by atoms with Crippen molar-refractivity contribution in [3.05, 3.63) is 59.7 Å². The molecule has 33 heavy (non-hydrogen) atoms. The molecule has 0 saturated carbocycles. The molecule has 0 spiro atoms. The summed E-state index contributed by atoms with van der Waals surface area (Å²) < 4.78 is 1.38. The van der Waals surface area contributed by atoms with Gasteiger partial charge in [0, 0.05) is 9.79 Å². The second-order valence-electron chi connectivity index (χ2n) is 8.06. The van der Waals surface area contributed by atoms with E-state index in [1.807, 2.05) is 0 Å². The third-order valence-electron chi connectivity index (χ3n) is 5.23. The van der Waals surface area contributed by atoms with Gasteiger partial charge >= 0.3 is 11.9 Å². The molecule has 0 bridgehead atoms. The topological polar surface area (TPSA) is 74.6 Å². The maximum absolute atomic E-state index is 10.7. The van der Waals surface area contributed by atoms with Gasteiger partial charge in [-0.3, -0.25) is 0 Å². The van der Waals surface area contributed by atoms with E-state index in [1.165, 1.54) is 77.9 Å². The first-order chi connectivity index (χ1) is 15.8. The third-order valence-corrected chi connectivity index (χ3v) is 7.65. The van der Waals surface area contributed by atoms with Crippen LogP contribution in [0.4, 0.5) is 0 Å². The summed E-state index contributed by atoms with van der Waals surface area (Å²) in [4.78, 5) is 23.3. The van der Waals surface area contributed by atoms with E-state index in [2.05, 4.69) is 27.7 Å². The van der Waals surface area contributed by atoms with Crippen LogP contribution in [-0.4, -0.2) is 52.8 Å². The van der Waals surface area contributed by atoms with Crippen molar-refractivity contribution in [2.75, 3.05) is 26.2 Å². The summed E-state index contributed by atoms with van der Waals surface area (Å²) in [7, 11) is 2.97. The highest BCUT2D eigenvalue weighted by Crippen LogP contribution is 2.37. The lowest BCUT2D eigenvalue weighted by Crippen LogP contribution is -2.50. The van der Waals surface area contributed by atoms with E-state index in [0.29, 0.717) is 0 Å². The Morgan fingerprint density at radius 1 is 0.606 bits per heavy atom. The molecule has 2 aromatic carbocycles. The highest BCUT2D eigenvalue weighted by Gasteiger charge is 2.22. The fourth-order valence-electron chi connectivity index (χ4n) is 3.97. The molecule has 0 unspecified atom stereocenters. The molecule has 2 aromatic rings. The van der Waals surface area contributed by atoms with Gasteiger partial charge in [0.25, 0.3) is 0 Å². The molecule has 0 atom stereocenters. The van der Waals surface area contributed by atoms with E-state index < -0.39 is 11.9 Å². The number of hydrogen-bond acceptors (Lipinski definition) is 4. The van der Waals surface area contributed by atoms with Crippen LogP contribution in [0.1, 0.15) is 74.1 Å². The summed E-state index contributed by atoms with van der Waals surface area (Å²) in [5.41, 5.74) is 0.510. The van der Waals surface area contributed by atoms with Crippen LogP contribution in [0, 0.1) is 0 Å². The summed E-state index contributed by atoms with van der Waals surface area (Å²) in [5, 5.41) is 17.6. The summed E-state index contributed by atoms with van der Waals surface area (Å²) in [5.74, 6) is -1.89. The van der Waals surface area contributed by atoms with E-state index in [0.717, 1.165) is 9.79 Å². The molecule has 0 aliphatic heterocycles. The minimum atomic E-state index is -0.946. The molecule has 0 aliphatic rings. The number of quaternary nitrogens is 1. The van der Waals surface area contributed by atoms with Crippen LogP contribution < -0.4 is 0 Å². The summed E-state index contributed by atoms with van der Waals surface area (Å²) in [6.07, 6.45) is 5.33. The van der Waals surface area contributed by atoms with Crippen LogP contribution >= 0.6 is 21.6 Å². The van der Waals surface area contributed by atoms with Crippen molar-refractivity contribution in [3.8, 4) is 0 Å². The number of hydrogen-bond donors (Lipinski definition) is 2. The molecule has 0 amide bonds. The lowest BCUT2D eigenvalue weighted by atomic mass is 10.2. The second kappa shape index (κ2) is 15.8. The molecular weight excluding hydrogens is 454 g/mol. The molecule has 2 rings (SSSR count). The van der Waals surface area contributed by atoms with E-state index in [-0.39, 0.29) is 11.1 Å². The Hall–Kier alpha value is -1.96. The van der Waals surface area contributed by atoms with Crippen molar-refractivity contribution in [1.29, 1.82) is 0 Å². The van der Waals surface area contributed by atoms with Crippen molar-refractivity contribution in [3.63, 3.8) is 0 Å². The molecule has 0 fully saturated rings. The van der Waals surface area contributed by atoms with Gasteiger partial charge in [0.05, 0.1) is 37.3 Å². The zero-order chi connectivity index (χ0) is 24.7. The smallest absolute Gasteiger partial charge is 0.335 e. The maximum atomic E-state index is 10.7. The predicted molar refractivity (Wildman–Crippen MR) is 139 cm³/mol. The van der Waals surface area contributed by atoms with Crippen molar-refractivity contribution in [1.82, 2.24) is 0 Å². The monoisotopic (exact) mass is 492 g/mol. The minimum absolute atomic E-state index is 0.255. The van der Waals surface area contributed by atoms with Gasteiger partial charge in [0.15, 0.2) is 0 Å². The molecule has 5 nitrogen and oxygen atoms in total. The summed E-state index contributed by atoms with van der Waals surface area (Å²) in [6, 6.07) is 13.2. The average Bonchev–Trinajstić information content (AvgIpc) is 2.79. The first kappa shape index (κ1) is 29.1. The Morgan fingerprint density at radius 3 is 1.09 bits per heavy atom. The van der Waals surface area contributed by atoms with Crippen LogP contribution in [0.5, 0.6) is 0 Å². The van der Waals surface area contributed by atoms with E-state index in [1.54, 1.807) is 48.5 Å². The van der Waals surface area contributed by atoms with Gasteiger partial charge in [-0.05, 0) is 74.2 Å². The van der Waals surface area contributed by atoms with Gasteiger partial charge in [0.2, 0.25) is 0 Å². The molecule has 0 saturated heterocycles. The van der Waals surface area contributed by atoms with E-state index >= 15 is 0 Å². The Balaban J connectivity index is 0.000000366. The lowest BCUT2D eigenvalue weighted by molar-refractivity contribution is -0.928. The van der Waals surface area contributed by atoms with Crippen LogP contribution in [0.25, 0.3) is 0 Å². The van der Waals surface area contributed by atoms with Crippen molar-refractivity contribution < 1.29 is 24.3 Å². The van der Waals surface area contributed by atoms with Gasteiger partial charge < -0.3 is 14.7 Å². The summed E-state index contributed by atoms with van der Waals surface area (Å²) >= 11 is 0. The van der Waals surface area contributed by atoms with Crippen molar-refractivity contribution >= 4 is 33.5 Å². The minimum Gasteiger partial charge on any atom is -0.478 e. The molecule has 0 aromatic heterocycles. The summed E-state index contributed by atoms with van der Waals surface area (Å²) in [6.45, 7) is 14.8. The Bertz CT molecular complexity index is 751. The number of carbonyl (C=O) groups is 2. The van der Waals surface area contributed by atoms with Gasteiger partial charge in [-0.25, -0.2) is 9.59 Å². The number of carboxylic acids is 2. The predicted octanol–water partition coefficient (Wildman–Crippen LogP) is 7.33. The highest BCUT2D eigenvalue weighted by molar-refractivity contribution is 8.76. The molecule has 0 radical (unpaired) electrons. The largest absolute Gasteiger partial charge is 0.478 e. The Kier molecular flexibility index (Phi) is 13.9. The number of carboxylic acid groups (broad SMARTS) is 2. The van der Waals surface area contributed by atoms with Crippen LogP contribution in [-0.2, 0) is 0 Å². The molecule has 0 aliphatic carbocycles.